The third kappa shape index (κ3) is 2.57. The normalized spacial score (nSPS) is 23.2. The van der Waals surface area contributed by atoms with Crippen LogP contribution in [0, 0.1) is 0 Å². The summed E-state index contributed by atoms with van der Waals surface area (Å²) in [6.45, 7) is 3.03. The molecule has 3 heteroatoms. The molecule has 0 amide bonds. The van der Waals surface area contributed by atoms with Crippen molar-refractivity contribution in [3.05, 3.63) is 24.2 Å². The van der Waals surface area contributed by atoms with Crippen molar-refractivity contribution in [2.45, 2.75) is 18.9 Å². The molecule has 3 nitrogen and oxygen atoms in total. The fourth-order valence-corrected chi connectivity index (χ4v) is 1.62. The monoisotopic (exact) mass is 179 g/mol. The fraction of sp³-hybridized carbons (Fsp3) is 0.600. The zero-order chi connectivity index (χ0) is 8.93. The molecule has 1 aliphatic rings. The van der Waals surface area contributed by atoms with E-state index >= 15 is 0 Å². The molecule has 1 aromatic rings. The number of piperazine rings is 1. The van der Waals surface area contributed by atoms with Crippen LogP contribution >= 0.6 is 0 Å². The molecule has 1 unspecified atom stereocenters. The van der Waals surface area contributed by atoms with Crippen LogP contribution in [0.25, 0.3) is 0 Å². The molecule has 0 aromatic carbocycles. The van der Waals surface area contributed by atoms with Crippen LogP contribution in [-0.2, 0) is 6.42 Å². The van der Waals surface area contributed by atoms with Crippen LogP contribution < -0.4 is 10.6 Å². The lowest BCUT2D eigenvalue weighted by Gasteiger charge is -2.22. The highest BCUT2D eigenvalue weighted by atomic mass is 16.3. The van der Waals surface area contributed by atoms with E-state index in [-0.39, 0.29) is 0 Å². The summed E-state index contributed by atoms with van der Waals surface area (Å²) in [6.07, 6.45) is 3.83. The lowest BCUT2D eigenvalue weighted by Crippen LogP contribution is -2.44. The first-order valence-electron chi connectivity index (χ1n) is 4.85. The molecular formula is C10H15N2O. The minimum absolute atomic E-state index is 0.485. The van der Waals surface area contributed by atoms with Gasteiger partial charge in [0, 0.05) is 32.1 Å². The molecule has 1 aromatic heterocycles. The summed E-state index contributed by atoms with van der Waals surface area (Å²) >= 11 is 0. The van der Waals surface area contributed by atoms with E-state index in [0.717, 1.165) is 38.2 Å². The number of aryl methyl sites for hydroxylation is 1. The summed E-state index contributed by atoms with van der Waals surface area (Å²) in [6, 6.07) is 4.45. The highest BCUT2D eigenvalue weighted by Gasteiger charge is 2.13. The van der Waals surface area contributed by atoms with Gasteiger partial charge in [0.1, 0.15) is 5.76 Å². The molecule has 1 fully saturated rings. The van der Waals surface area contributed by atoms with E-state index in [2.05, 4.69) is 10.6 Å². The molecule has 1 radical (unpaired) electrons. The molecule has 0 aliphatic carbocycles. The molecule has 71 valence electrons. The van der Waals surface area contributed by atoms with Crippen LogP contribution in [0.4, 0.5) is 0 Å². The van der Waals surface area contributed by atoms with Gasteiger partial charge in [-0.15, -0.1) is 0 Å². The third-order valence-corrected chi connectivity index (χ3v) is 2.36. The smallest absolute Gasteiger partial charge is 0.103 e. The van der Waals surface area contributed by atoms with E-state index < -0.39 is 0 Å². The Morgan fingerprint density at radius 2 is 2.62 bits per heavy atom. The number of rotatable bonds is 3. The van der Waals surface area contributed by atoms with Gasteiger partial charge in [-0.1, -0.05) is 0 Å². The predicted molar refractivity (Wildman–Crippen MR) is 50.7 cm³/mol. The van der Waals surface area contributed by atoms with Crippen molar-refractivity contribution in [1.29, 1.82) is 0 Å². The van der Waals surface area contributed by atoms with E-state index in [1.165, 1.54) is 0 Å². The molecule has 0 bridgehead atoms. The van der Waals surface area contributed by atoms with E-state index in [9.17, 15) is 0 Å². The van der Waals surface area contributed by atoms with E-state index in [4.69, 9.17) is 4.42 Å². The van der Waals surface area contributed by atoms with Gasteiger partial charge in [-0.3, -0.25) is 0 Å². The number of hydrogen-bond donors (Lipinski definition) is 1. The van der Waals surface area contributed by atoms with Crippen molar-refractivity contribution in [3.8, 4) is 0 Å². The van der Waals surface area contributed by atoms with Gasteiger partial charge in [0.25, 0.3) is 0 Å². The van der Waals surface area contributed by atoms with Crippen molar-refractivity contribution in [2.24, 2.45) is 0 Å². The second-order valence-electron chi connectivity index (χ2n) is 3.38. The molecule has 2 rings (SSSR count). The van der Waals surface area contributed by atoms with Gasteiger partial charge in [0.2, 0.25) is 0 Å². The molecule has 13 heavy (non-hydrogen) atoms. The van der Waals surface area contributed by atoms with Gasteiger partial charge < -0.3 is 9.73 Å². The number of nitrogens with one attached hydrogen (secondary N) is 1. The Balaban J connectivity index is 1.72. The third-order valence-electron chi connectivity index (χ3n) is 2.36. The lowest BCUT2D eigenvalue weighted by atomic mass is 10.1. The first kappa shape index (κ1) is 8.78. The molecule has 0 saturated carbocycles. The van der Waals surface area contributed by atoms with Gasteiger partial charge in [-0.2, -0.15) is 0 Å². The Hall–Kier alpha value is -0.800. The Morgan fingerprint density at radius 3 is 3.31 bits per heavy atom. The second kappa shape index (κ2) is 4.44. The first-order valence-corrected chi connectivity index (χ1v) is 4.85. The maximum absolute atomic E-state index is 5.26. The SMILES string of the molecule is c1coc(CCC2CNCC[N]2)c1. The van der Waals surface area contributed by atoms with Crippen LogP contribution in [-0.4, -0.2) is 25.7 Å². The van der Waals surface area contributed by atoms with Gasteiger partial charge >= 0.3 is 0 Å². The second-order valence-corrected chi connectivity index (χ2v) is 3.38. The van der Waals surface area contributed by atoms with Crippen molar-refractivity contribution in [3.63, 3.8) is 0 Å². The van der Waals surface area contributed by atoms with E-state index in [1.54, 1.807) is 6.26 Å². The van der Waals surface area contributed by atoms with Crippen LogP contribution in [0.5, 0.6) is 0 Å². The molecule has 1 saturated heterocycles. The molecule has 1 atom stereocenters. The van der Waals surface area contributed by atoms with E-state index in [0.29, 0.717) is 6.04 Å². The zero-order valence-corrected chi connectivity index (χ0v) is 7.70. The number of hydrogen-bond acceptors (Lipinski definition) is 2. The predicted octanol–water partition coefficient (Wildman–Crippen LogP) is 0.788. The van der Waals surface area contributed by atoms with Crippen LogP contribution in [0.3, 0.4) is 0 Å². The standard InChI is InChI=1S/C10H15N2O/c1-2-10(13-7-1)4-3-9-8-11-5-6-12-9/h1-2,7,9,11H,3-6,8H2. The summed E-state index contributed by atoms with van der Waals surface area (Å²) in [5, 5.41) is 7.87. The van der Waals surface area contributed by atoms with Crippen LogP contribution in [0.2, 0.25) is 0 Å². The number of furan rings is 1. The van der Waals surface area contributed by atoms with Crippen LogP contribution in [0.1, 0.15) is 12.2 Å². The quantitative estimate of drug-likeness (QED) is 0.745. The summed E-state index contributed by atoms with van der Waals surface area (Å²) in [5.74, 6) is 1.07. The summed E-state index contributed by atoms with van der Waals surface area (Å²) in [7, 11) is 0. The summed E-state index contributed by atoms with van der Waals surface area (Å²) in [5.41, 5.74) is 0. The maximum atomic E-state index is 5.26. The molecular weight excluding hydrogens is 164 g/mol. The van der Waals surface area contributed by atoms with Gasteiger partial charge in [-0.25, -0.2) is 5.32 Å². The Kier molecular flexibility index (Phi) is 3.00. The first-order chi connectivity index (χ1) is 6.45. The average molecular weight is 179 g/mol. The maximum Gasteiger partial charge on any atom is 0.103 e. The lowest BCUT2D eigenvalue weighted by molar-refractivity contribution is 0.379. The topological polar surface area (TPSA) is 39.3 Å². The Morgan fingerprint density at radius 1 is 1.62 bits per heavy atom. The Labute approximate surface area is 78.5 Å². The fourth-order valence-electron chi connectivity index (χ4n) is 1.62. The summed E-state index contributed by atoms with van der Waals surface area (Å²) < 4.78 is 5.26. The Bertz CT molecular complexity index is 227. The zero-order valence-electron chi connectivity index (χ0n) is 7.70. The average Bonchev–Trinajstić information content (AvgIpc) is 2.69. The molecule has 1 N–H and O–H groups in total. The van der Waals surface area contributed by atoms with Crippen molar-refractivity contribution >= 4 is 0 Å². The van der Waals surface area contributed by atoms with Gasteiger partial charge in [0.15, 0.2) is 0 Å². The van der Waals surface area contributed by atoms with Crippen molar-refractivity contribution in [1.82, 2.24) is 10.6 Å². The molecule has 2 heterocycles. The van der Waals surface area contributed by atoms with Gasteiger partial charge in [-0.05, 0) is 18.6 Å². The highest BCUT2D eigenvalue weighted by Crippen LogP contribution is 2.06. The minimum atomic E-state index is 0.485. The minimum Gasteiger partial charge on any atom is -0.469 e. The summed E-state index contributed by atoms with van der Waals surface area (Å²) in [4.78, 5) is 0. The highest BCUT2D eigenvalue weighted by molar-refractivity contribution is 4.98. The largest absolute Gasteiger partial charge is 0.469 e. The van der Waals surface area contributed by atoms with E-state index in [1.807, 2.05) is 12.1 Å². The van der Waals surface area contributed by atoms with Crippen molar-refractivity contribution < 1.29 is 4.42 Å². The molecule has 1 aliphatic heterocycles. The van der Waals surface area contributed by atoms with Crippen molar-refractivity contribution in [2.75, 3.05) is 19.6 Å². The van der Waals surface area contributed by atoms with Crippen LogP contribution in [0.15, 0.2) is 22.8 Å². The van der Waals surface area contributed by atoms with Gasteiger partial charge in [0.05, 0.1) is 6.26 Å². The number of nitrogens with zero attached hydrogens (tertiary/aromatic N) is 1. The molecule has 0 spiro atoms.